The van der Waals surface area contributed by atoms with E-state index >= 15 is 0 Å². The molecule has 3 rings (SSSR count). The summed E-state index contributed by atoms with van der Waals surface area (Å²) in [5.41, 5.74) is 1.22. The van der Waals surface area contributed by atoms with Crippen LogP contribution >= 0.6 is 0 Å². The van der Waals surface area contributed by atoms with Crippen LogP contribution in [0.25, 0.3) is 5.69 Å². The lowest BCUT2D eigenvalue weighted by atomic mass is 10.1. The van der Waals surface area contributed by atoms with Crippen LogP contribution in [0, 0.1) is 13.8 Å². The predicted molar refractivity (Wildman–Crippen MR) is 115 cm³/mol. The van der Waals surface area contributed by atoms with Crippen molar-refractivity contribution in [2.24, 2.45) is 0 Å². The summed E-state index contributed by atoms with van der Waals surface area (Å²) < 4.78 is 40.5. The van der Waals surface area contributed by atoms with Gasteiger partial charge in [-0.1, -0.05) is 36.4 Å². The number of aryl methyl sites for hydroxylation is 2. The number of aromatic nitrogens is 2. The van der Waals surface area contributed by atoms with Crippen molar-refractivity contribution in [1.29, 1.82) is 0 Å². The van der Waals surface area contributed by atoms with Crippen LogP contribution < -0.4 is 0 Å². The Morgan fingerprint density at radius 2 is 1.72 bits per heavy atom. The average Bonchev–Trinajstić information content (AvgIpc) is 3.06. The third-order valence-electron chi connectivity index (χ3n) is 5.28. The summed E-state index contributed by atoms with van der Waals surface area (Å²) in [4.78, 5) is 27.0. The van der Waals surface area contributed by atoms with Crippen LogP contribution in [0.2, 0.25) is 0 Å². The minimum atomic E-state index is -4.50. The Labute approximate surface area is 184 Å². The summed E-state index contributed by atoms with van der Waals surface area (Å²) in [6.45, 7) is 3.53. The second-order valence-corrected chi connectivity index (χ2v) is 7.65. The monoisotopic (exact) mass is 443 g/mol. The number of alkyl halides is 3. The van der Waals surface area contributed by atoms with Crippen LogP contribution in [-0.4, -0.2) is 40.0 Å². The van der Waals surface area contributed by atoms with E-state index < -0.39 is 23.4 Å². The first-order valence-electron chi connectivity index (χ1n) is 10.2. The number of carbonyl (C=O) groups is 2. The summed E-state index contributed by atoms with van der Waals surface area (Å²) in [6.07, 6.45) is -3.03. The third kappa shape index (κ3) is 5.07. The number of amides is 1. The molecule has 2 aromatic carbocycles. The van der Waals surface area contributed by atoms with Gasteiger partial charge in [0.05, 0.1) is 28.2 Å². The minimum Gasteiger partial charge on any atom is -0.339 e. The van der Waals surface area contributed by atoms with Crippen LogP contribution in [0.3, 0.4) is 0 Å². The van der Waals surface area contributed by atoms with Gasteiger partial charge >= 0.3 is 6.18 Å². The van der Waals surface area contributed by atoms with E-state index in [1.807, 2.05) is 30.3 Å². The highest BCUT2D eigenvalue weighted by molar-refractivity contribution is 6.43. The van der Waals surface area contributed by atoms with Gasteiger partial charge in [-0.2, -0.15) is 18.3 Å². The molecule has 32 heavy (non-hydrogen) atoms. The number of carbonyl (C=O) groups excluding carboxylic acids is 2. The lowest BCUT2D eigenvalue weighted by Gasteiger charge is -2.16. The van der Waals surface area contributed by atoms with Crippen LogP contribution in [0.5, 0.6) is 0 Å². The Morgan fingerprint density at radius 1 is 1.03 bits per heavy atom. The lowest BCUT2D eigenvalue weighted by Crippen LogP contribution is -2.34. The number of nitrogens with zero attached hydrogens (tertiary/aromatic N) is 3. The normalized spacial score (nSPS) is 11.4. The van der Waals surface area contributed by atoms with Crippen LogP contribution in [0.1, 0.15) is 39.3 Å². The van der Waals surface area contributed by atoms with E-state index in [4.69, 9.17) is 0 Å². The Kier molecular flexibility index (Phi) is 6.81. The SMILES string of the molecule is Cc1nn(-c2cccc(C(F)(F)F)c2)c(C)c1C(=O)C(=O)N(C)CCCc1ccccc1. The summed E-state index contributed by atoms with van der Waals surface area (Å²) in [7, 11) is 1.56. The highest BCUT2D eigenvalue weighted by atomic mass is 19.4. The van der Waals surface area contributed by atoms with Gasteiger partial charge in [0, 0.05) is 13.6 Å². The van der Waals surface area contributed by atoms with Crippen LogP contribution in [0.15, 0.2) is 54.6 Å². The zero-order valence-electron chi connectivity index (χ0n) is 18.1. The number of benzene rings is 2. The summed E-state index contributed by atoms with van der Waals surface area (Å²) in [6, 6.07) is 14.5. The lowest BCUT2D eigenvalue weighted by molar-refractivity contribution is -0.137. The smallest absolute Gasteiger partial charge is 0.339 e. The minimum absolute atomic E-state index is 0.113. The number of likely N-dealkylation sites (N-methyl/N-ethyl adjacent to an activating group) is 1. The molecule has 0 N–H and O–H groups in total. The maximum Gasteiger partial charge on any atom is 0.416 e. The van der Waals surface area contributed by atoms with Gasteiger partial charge in [0.25, 0.3) is 11.7 Å². The first-order valence-corrected chi connectivity index (χ1v) is 10.2. The van der Waals surface area contributed by atoms with Gasteiger partial charge < -0.3 is 4.90 Å². The van der Waals surface area contributed by atoms with E-state index in [9.17, 15) is 22.8 Å². The molecule has 0 aliphatic rings. The van der Waals surface area contributed by atoms with Gasteiger partial charge in [0.15, 0.2) is 0 Å². The Hall–Kier alpha value is -3.42. The molecule has 0 aliphatic heterocycles. The highest BCUT2D eigenvalue weighted by Crippen LogP contribution is 2.31. The summed E-state index contributed by atoms with van der Waals surface area (Å²) in [5.74, 6) is -1.40. The fourth-order valence-electron chi connectivity index (χ4n) is 3.58. The number of rotatable bonds is 7. The molecule has 0 aliphatic carbocycles. The molecule has 168 valence electrons. The number of halogens is 3. The molecule has 0 unspecified atom stereocenters. The largest absolute Gasteiger partial charge is 0.416 e. The zero-order chi connectivity index (χ0) is 23.5. The van der Waals surface area contributed by atoms with Gasteiger partial charge in [-0.15, -0.1) is 0 Å². The average molecular weight is 443 g/mol. The van der Waals surface area contributed by atoms with Crippen LogP contribution in [-0.2, 0) is 17.4 Å². The fourth-order valence-corrected chi connectivity index (χ4v) is 3.58. The van der Waals surface area contributed by atoms with Crippen molar-refractivity contribution in [1.82, 2.24) is 14.7 Å². The molecule has 1 heterocycles. The molecule has 0 radical (unpaired) electrons. The fraction of sp³-hybridized carbons (Fsp3) is 0.292. The third-order valence-corrected chi connectivity index (χ3v) is 5.28. The van der Waals surface area contributed by atoms with Crippen molar-refractivity contribution < 1.29 is 22.8 Å². The molecule has 3 aromatic rings. The number of hydrogen-bond donors (Lipinski definition) is 0. The van der Waals surface area contributed by atoms with E-state index in [1.54, 1.807) is 20.9 Å². The summed E-state index contributed by atoms with van der Waals surface area (Å²) >= 11 is 0. The van der Waals surface area contributed by atoms with Crippen molar-refractivity contribution in [3.05, 3.63) is 82.7 Å². The van der Waals surface area contributed by atoms with E-state index in [1.165, 1.54) is 21.7 Å². The molecule has 1 amide bonds. The van der Waals surface area contributed by atoms with Gasteiger partial charge in [-0.25, -0.2) is 4.68 Å². The topological polar surface area (TPSA) is 55.2 Å². The maximum absolute atomic E-state index is 13.1. The Morgan fingerprint density at radius 3 is 2.38 bits per heavy atom. The summed E-state index contributed by atoms with van der Waals surface area (Å²) in [5, 5.41) is 4.23. The molecule has 8 heteroatoms. The molecule has 1 aromatic heterocycles. The zero-order valence-corrected chi connectivity index (χ0v) is 18.1. The Balaban J connectivity index is 1.76. The van der Waals surface area contributed by atoms with E-state index in [0.717, 1.165) is 24.1 Å². The molecule has 0 bridgehead atoms. The van der Waals surface area contributed by atoms with Gasteiger partial charge in [0.1, 0.15) is 0 Å². The quantitative estimate of drug-likeness (QED) is 0.390. The van der Waals surface area contributed by atoms with Gasteiger partial charge in [-0.05, 0) is 50.5 Å². The molecule has 5 nitrogen and oxygen atoms in total. The maximum atomic E-state index is 13.1. The van der Waals surface area contributed by atoms with E-state index in [-0.39, 0.29) is 16.9 Å². The number of hydrogen-bond acceptors (Lipinski definition) is 3. The molecular formula is C24H24F3N3O2. The second-order valence-electron chi connectivity index (χ2n) is 7.65. The van der Waals surface area contributed by atoms with Crippen LogP contribution in [0.4, 0.5) is 13.2 Å². The molecular weight excluding hydrogens is 419 g/mol. The molecule has 0 fully saturated rings. The second kappa shape index (κ2) is 9.38. The van der Waals surface area contributed by atoms with Gasteiger partial charge in [-0.3, -0.25) is 9.59 Å². The van der Waals surface area contributed by atoms with E-state index in [0.29, 0.717) is 18.7 Å². The molecule has 0 saturated heterocycles. The molecule has 0 spiro atoms. The first-order chi connectivity index (χ1) is 15.1. The van der Waals surface area contributed by atoms with Gasteiger partial charge in [0.2, 0.25) is 0 Å². The first kappa shape index (κ1) is 23.2. The standard InChI is InChI=1S/C24H24F3N3O2/c1-16-21(17(2)30(28-16)20-13-7-12-19(15-20)24(25,26)27)22(31)23(32)29(3)14-8-11-18-9-5-4-6-10-18/h4-7,9-10,12-13,15H,8,11,14H2,1-3H3. The molecule has 0 atom stereocenters. The van der Waals surface area contributed by atoms with Crippen molar-refractivity contribution in [2.75, 3.05) is 13.6 Å². The molecule has 0 saturated carbocycles. The number of Topliss-reactive ketones (excluding diaryl/α,β-unsaturated/α-hetero) is 1. The van der Waals surface area contributed by atoms with Crippen molar-refractivity contribution in [3.63, 3.8) is 0 Å². The predicted octanol–water partition coefficient (Wildman–Crippen LogP) is 4.78. The number of ketones is 1. The van der Waals surface area contributed by atoms with Crippen molar-refractivity contribution >= 4 is 11.7 Å². The Bertz CT molecular complexity index is 1120. The van der Waals surface area contributed by atoms with Crippen molar-refractivity contribution in [2.45, 2.75) is 32.9 Å². The highest BCUT2D eigenvalue weighted by Gasteiger charge is 2.31. The van der Waals surface area contributed by atoms with Crippen molar-refractivity contribution in [3.8, 4) is 5.69 Å². The van der Waals surface area contributed by atoms with E-state index in [2.05, 4.69) is 5.10 Å².